The van der Waals surface area contributed by atoms with Crippen molar-refractivity contribution in [3.05, 3.63) is 11.6 Å². The minimum Gasteiger partial charge on any atom is -0.106 e. The molecule has 0 spiro atoms. The van der Waals surface area contributed by atoms with Crippen LogP contribution < -0.4 is 0 Å². The highest BCUT2D eigenvalue weighted by molar-refractivity contribution is 6.72. The maximum atomic E-state index is 5.82. The summed E-state index contributed by atoms with van der Waals surface area (Å²) in [6, 6.07) is 0. The van der Waals surface area contributed by atoms with Gasteiger partial charge in [-0.15, -0.1) is 23.2 Å². The largest absolute Gasteiger partial charge is 0.106 e. The third-order valence-electron chi connectivity index (χ3n) is 1.02. The third kappa shape index (κ3) is 5.28. The van der Waals surface area contributed by atoms with Gasteiger partial charge in [-0.2, -0.15) is 0 Å². The van der Waals surface area contributed by atoms with E-state index in [1.54, 1.807) is 6.08 Å². The summed E-state index contributed by atoms with van der Waals surface area (Å²) < 4.78 is -0.495. The molecule has 0 unspecified atom stereocenters. The first kappa shape index (κ1) is 9.83. The van der Waals surface area contributed by atoms with E-state index in [0.29, 0.717) is 6.42 Å². The number of hydrogen-bond acceptors (Lipinski definition) is 0. The minimum atomic E-state index is -0.495. The van der Waals surface area contributed by atoms with E-state index in [9.17, 15) is 0 Å². The van der Waals surface area contributed by atoms with E-state index in [4.69, 9.17) is 34.8 Å². The molecule has 0 aromatic carbocycles. The van der Waals surface area contributed by atoms with Gasteiger partial charge in [0.2, 0.25) is 0 Å². The Labute approximate surface area is 73.0 Å². The van der Waals surface area contributed by atoms with Crippen molar-refractivity contribution in [2.45, 2.75) is 16.9 Å². The smallest absolute Gasteiger partial charge is 0.104 e. The monoisotopic (exact) mass is 202 g/mol. The molecule has 0 aromatic heterocycles. The lowest BCUT2D eigenvalue weighted by atomic mass is 10.5. The summed E-state index contributed by atoms with van der Waals surface area (Å²) in [5.74, 6) is 0. The van der Waals surface area contributed by atoms with Gasteiger partial charge in [0.15, 0.2) is 0 Å². The molecule has 0 aromatic rings. The van der Waals surface area contributed by atoms with Crippen LogP contribution in [0.25, 0.3) is 0 Å². The van der Waals surface area contributed by atoms with Crippen molar-refractivity contribution in [3.63, 3.8) is 0 Å². The lowest BCUT2D eigenvalue weighted by molar-refractivity contribution is 1.06. The molecule has 0 N–H and O–H groups in total. The van der Waals surface area contributed by atoms with Gasteiger partial charge in [0.05, 0.1) is 9.52 Å². The zero-order chi connectivity index (χ0) is 7.33. The normalized spacial score (nSPS) is 14.2. The van der Waals surface area contributed by atoms with Gasteiger partial charge < -0.3 is 0 Å². The predicted molar refractivity (Wildman–Crippen MR) is 48.5 cm³/mol. The summed E-state index contributed by atoms with van der Waals surface area (Å²) in [6.07, 6.45) is 2.44. The number of alkyl halides is 2. The number of allylic oxidation sites excluding steroid dienone is 1. The van der Waals surface area contributed by atoms with Crippen LogP contribution in [-0.2, 0) is 0 Å². The van der Waals surface area contributed by atoms with E-state index in [2.05, 4.69) is 6.55 Å². The first-order valence-corrected chi connectivity index (χ1v) is 6.07. The molecule has 0 heterocycles. The molecule has 0 rings (SSSR count). The van der Waals surface area contributed by atoms with Crippen LogP contribution in [0.15, 0.2) is 11.6 Å². The molecule has 0 aliphatic carbocycles. The van der Waals surface area contributed by atoms with Gasteiger partial charge in [-0.25, -0.2) is 0 Å². The highest BCUT2D eigenvalue weighted by Crippen LogP contribution is 2.23. The molecule has 0 amide bonds. The summed E-state index contributed by atoms with van der Waals surface area (Å²) in [5, 5.41) is 0. The van der Waals surface area contributed by atoms with Crippen molar-refractivity contribution in [2.75, 3.05) is 0 Å². The van der Waals surface area contributed by atoms with Crippen LogP contribution in [0.5, 0.6) is 0 Å². The number of halogens is 3. The fourth-order valence-corrected chi connectivity index (χ4v) is 1.08. The Bertz CT molecular complexity index is 100. The third-order valence-corrected chi connectivity index (χ3v) is 4.44. The highest BCUT2D eigenvalue weighted by Gasteiger charge is 2.18. The molecule has 0 aliphatic rings. The molecule has 0 saturated carbocycles. The highest BCUT2D eigenvalue weighted by atomic mass is 35.5. The van der Waals surface area contributed by atoms with E-state index in [-0.39, 0.29) is 9.52 Å². The zero-order valence-corrected chi connectivity index (χ0v) is 8.88. The molecule has 0 nitrogen and oxygen atoms in total. The Hall–Kier alpha value is 0.827. The average molecular weight is 204 g/mol. The van der Waals surface area contributed by atoms with Gasteiger partial charge in [0, 0.05) is 5.54 Å². The summed E-state index contributed by atoms with van der Waals surface area (Å²) >= 11 is 16.9. The van der Waals surface area contributed by atoms with Crippen LogP contribution in [0.2, 0.25) is 6.55 Å². The van der Waals surface area contributed by atoms with Gasteiger partial charge in [-0.3, -0.25) is 0 Å². The Morgan fingerprint density at radius 2 is 2.11 bits per heavy atom. The minimum absolute atomic E-state index is 0.357. The van der Waals surface area contributed by atoms with Gasteiger partial charge in [0.25, 0.3) is 0 Å². The Kier molecular flexibility index (Phi) is 5.04. The van der Waals surface area contributed by atoms with Gasteiger partial charge in [-0.05, 0) is 6.42 Å². The summed E-state index contributed by atoms with van der Waals surface area (Å²) in [4.78, 5) is 0. The van der Waals surface area contributed by atoms with Crippen LogP contribution in [0, 0.1) is 0 Å². The molecule has 0 radical (unpaired) electrons. The molecular formula is C5H9Cl3Si. The van der Waals surface area contributed by atoms with Crippen molar-refractivity contribution in [3.8, 4) is 0 Å². The second-order valence-electron chi connectivity index (χ2n) is 1.78. The Balaban J connectivity index is 3.58. The molecular weight excluding hydrogens is 194 g/mol. The van der Waals surface area contributed by atoms with E-state index in [1.165, 1.54) is 5.54 Å². The van der Waals surface area contributed by atoms with Crippen molar-refractivity contribution in [2.24, 2.45) is 0 Å². The van der Waals surface area contributed by atoms with Crippen molar-refractivity contribution >= 4 is 44.3 Å². The van der Waals surface area contributed by atoms with Crippen LogP contribution in [-0.4, -0.2) is 13.5 Å². The molecule has 0 saturated heterocycles. The summed E-state index contributed by atoms with van der Waals surface area (Å²) in [5.41, 5.74) is 1.45. The maximum Gasteiger partial charge on any atom is 0.104 e. The fourth-order valence-electron chi connectivity index (χ4n) is 0.361. The quantitative estimate of drug-likeness (QED) is 0.488. The SMILES string of the molecule is C[SiH2]C(Cl)(Cl)CC=CCl. The van der Waals surface area contributed by atoms with Crippen molar-refractivity contribution in [1.29, 1.82) is 0 Å². The second-order valence-corrected chi connectivity index (χ2v) is 6.48. The number of hydrogen-bond donors (Lipinski definition) is 0. The molecule has 4 heteroatoms. The van der Waals surface area contributed by atoms with Crippen molar-refractivity contribution in [1.82, 2.24) is 0 Å². The molecule has 0 atom stereocenters. The predicted octanol–water partition coefficient (Wildman–Crippen LogP) is 2.48. The van der Waals surface area contributed by atoms with E-state index in [0.717, 1.165) is 0 Å². The number of rotatable bonds is 3. The molecule has 0 aliphatic heterocycles. The molecule has 0 fully saturated rings. The van der Waals surface area contributed by atoms with Crippen LogP contribution >= 0.6 is 34.8 Å². The first-order valence-electron chi connectivity index (χ1n) is 2.75. The van der Waals surface area contributed by atoms with Gasteiger partial charge in [-0.1, -0.05) is 24.2 Å². The first-order chi connectivity index (χ1) is 4.12. The standard InChI is InChI=1S/C5H9Cl3Si/c1-9-5(7,8)3-2-4-6/h2,4H,3,9H2,1H3. The summed E-state index contributed by atoms with van der Waals surface area (Å²) in [6.45, 7) is 2.07. The van der Waals surface area contributed by atoms with Crippen LogP contribution in [0.4, 0.5) is 0 Å². The van der Waals surface area contributed by atoms with E-state index >= 15 is 0 Å². The maximum absolute atomic E-state index is 5.82. The topological polar surface area (TPSA) is 0 Å². The lowest BCUT2D eigenvalue weighted by Crippen LogP contribution is -2.17. The molecule has 9 heavy (non-hydrogen) atoms. The van der Waals surface area contributed by atoms with Crippen molar-refractivity contribution < 1.29 is 0 Å². The van der Waals surface area contributed by atoms with Gasteiger partial charge >= 0.3 is 0 Å². The zero-order valence-electron chi connectivity index (χ0n) is 5.20. The van der Waals surface area contributed by atoms with E-state index in [1.807, 2.05) is 0 Å². The van der Waals surface area contributed by atoms with Gasteiger partial charge in [0.1, 0.15) is 3.96 Å². The lowest BCUT2D eigenvalue weighted by Gasteiger charge is -2.12. The molecule has 0 bridgehead atoms. The fraction of sp³-hybridized carbons (Fsp3) is 0.600. The van der Waals surface area contributed by atoms with E-state index < -0.39 is 3.96 Å². The molecule has 54 valence electrons. The average Bonchev–Trinajstić information content (AvgIpc) is 1.84. The second kappa shape index (κ2) is 4.61. The van der Waals surface area contributed by atoms with Crippen LogP contribution in [0.3, 0.4) is 0 Å². The Morgan fingerprint density at radius 1 is 1.56 bits per heavy atom. The summed E-state index contributed by atoms with van der Waals surface area (Å²) in [7, 11) is -0.357. The van der Waals surface area contributed by atoms with Crippen LogP contribution in [0.1, 0.15) is 6.42 Å². The Morgan fingerprint density at radius 3 is 2.44 bits per heavy atom.